The summed E-state index contributed by atoms with van der Waals surface area (Å²) in [6, 6.07) is 3.34. The highest BCUT2D eigenvalue weighted by Gasteiger charge is 2.30. The normalized spacial score (nSPS) is 25.2. The number of pyridine rings is 1. The number of nitrogens with zero attached hydrogens (tertiary/aromatic N) is 1. The van der Waals surface area contributed by atoms with E-state index in [4.69, 9.17) is 0 Å². The Labute approximate surface area is 82.0 Å². The van der Waals surface area contributed by atoms with E-state index in [0.717, 1.165) is 12.8 Å². The van der Waals surface area contributed by atoms with Crippen molar-refractivity contribution < 1.29 is 9.90 Å². The SMILES string of the molecule is O=C(NC1CCC1O)c1cccnc1. The molecule has 1 saturated carbocycles. The van der Waals surface area contributed by atoms with Crippen LogP contribution in [0.3, 0.4) is 0 Å². The van der Waals surface area contributed by atoms with Crippen LogP contribution in [-0.4, -0.2) is 28.1 Å². The summed E-state index contributed by atoms with van der Waals surface area (Å²) in [5.41, 5.74) is 0.534. The molecule has 1 aliphatic carbocycles. The molecule has 1 aliphatic rings. The molecule has 2 rings (SSSR count). The number of carbonyl (C=O) groups excluding carboxylic acids is 1. The predicted molar refractivity (Wildman–Crippen MR) is 50.7 cm³/mol. The van der Waals surface area contributed by atoms with E-state index in [-0.39, 0.29) is 18.1 Å². The number of carbonyl (C=O) groups is 1. The summed E-state index contributed by atoms with van der Waals surface area (Å²) in [5, 5.41) is 12.0. The summed E-state index contributed by atoms with van der Waals surface area (Å²) >= 11 is 0. The van der Waals surface area contributed by atoms with Crippen LogP contribution in [0.25, 0.3) is 0 Å². The minimum absolute atomic E-state index is 0.0808. The first-order chi connectivity index (χ1) is 6.77. The zero-order valence-corrected chi connectivity index (χ0v) is 7.68. The van der Waals surface area contributed by atoms with Crippen LogP contribution in [0.5, 0.6) is 0 Å². The van der Waals surface area contributed by atoms with E-state index in [1.807, 2.05) is 0 Å². The van der Waals surface area contributed by atoms with Gasteiger partial charge in [-0.25, -0.2) is 0 Å². The second-order valence-corrected chi connectivity index (χ2v) is 3.47. The molecule has 2 atom stereocenters. The van der Waals surface area contributed by atoms with Crippen molar-refractivity contribution in [3.05, 3.63) is 30.1 Å². The molecule has 0 aromatic carbocycles. The van der Waals surface area contributed by atoms with Crippen LogP contribution in [0.1, 0.15) is 23.2 Å². The number of aliphatic hydroxyl groups excluding tert-OH is 1. The Morgan fingerprint density at radius 3 is 2.93 bits per heavy atom. The van der Waals surface area contributed by atoms with E-state index >= 15 is 0 Å². The van der Waals surface area contributed by atoms with Gasteiger partial charge in [0.05, 0.1) is 17.7 Å². The van der Waals surface area contributed by atoms with Crippen LogP contribution in [0.2, 0.25) is 0 Å². The van der Waals surface area contributed by atoms with Crippen molar-refractivity contribution in [3.8, 4) is 0 Å². The number of hydrogen-bond donors (Lipinski definition) is 2. The zero-order valence-electron chi connectivity index (χ0n) is 7.68. The fourth-order valence-corrected chi connectivity index (χ4v) is 1.40. The van der Waals surface area contributed by atoms with Crippen LogP contribution in [0, 0.1) is 0 Å². The van der Waals surface area contributed by atoms with E-state index in [1.165, 1.54) is 6.20 Å². The maximum Gasteiger partial charge on any atom is 0.253 e. The molecule has 74 valence electrons. The lowest BCUT2D eigenvalue weighted by atomic mass is 9.89. The molecular formula is C10H12N2O2. The molecule has 4 heteroatoms. The van der Waals surface area contributed by atoms with Gasteiger partial charge in [0.2, 0.25) is 0 Å². The molecule has 14 heavy (non-hydrogen) atoms. The molecule has 1 heterocycles. The van der Waals surface area contributed by atoms with Crippen LogP contribution in [0.4, 0.5) is 0 Å². The molecule has 2 N–H and O–H groups in total. The molecule has 0 spiro atoms. The fourth-order valence-electron chi connectivity index (χ4n) is 1.40. The average Bonchev–Trinajstić information content (AvgIpc) is 2.24. The number of hydrogen-bond acceptors (Lipinski definition) is 3. The van der Waals surface area contributed by atoms with Gasteiger partial charge >= 0.3 is 0 Å². The molecule has 4 nitrogen and oxygen atoms in total. The van der Waals surface area contributed by atoms with Crippen molar-refractivity contribution in [2.24, 2.45) is 0 Å². The third-order valence-electron chi connectivity index (χ3n) is 2.48. The van der Waals surface area contributed by atoms with Gasteiger partial charge in [-0.1, -0.05) is 0 Å². The third kappa shape index (κ3) is 1.75. The molecule has 0 saturated heterocycles. The third-order valence-corrected chi connectivity index (χ3v) is 2.48. The molecule has 1 aromatic rings. The van der Waals surface area contributed by atoms with Gasteiger partial charge in [-0.05, 0) is 25.0 Å². The predicted octanol–water partition coefficient (Wildman–Crippen LogP) is 0.335. The smallest absolute Gasteiger partial charge is 0.253 e. The van der Waals surface area contributed by atoms with Gasteiger partial charge in [0.15, 0.2) is 0 Å². The van der Waals surface area contributed by atoms with Crippen molar-refractivity contribution in [1.82, 2.24) is 10.3 Å². The highest BCUT2D eigenvalue weighted by molar-refractivity contribution is 5.94. The maximum atomic E-state index is 11.5. The number of aromatic nitrogens is 1. The lowest BCUT2D eigenvalue weighted by Crippen LogP contribution is -2.50. The van der Waals surface area contributed by atoms with Gasteiger partial charge < -0.3 is 10.4 Å². The Morgan fingerprint density at radius 2 is 2.43 bits per heavy atom. The number of amides is 1. The summed E-state index contributed by atoms with van der Waals surface area (Å²) in [4.78, 5) is 15.4. The molecule has 1 fully saturated rings. The molecule has 2 unspecified atom stereocenters. The highest BCUT2D eigenvalue weighted by atomic mass is 16.3. The van der Waals surface area contributed by atoms with Gasteiger partial charge in [0.1, 0.15) is 0 Å². The van der Waals surface area contributed by atoms with Gasteiger partial charge in [-0.15, -0.1) is 0 Å². The molecular weight excluding hydrogens is 180 g/mol. The van der Waals surface area contributed by atoms with Crippen LogP contribution >= 0.6 is 0 Å². The lowest BCUT2D eigenvalue weighted by Gasteiger charge is -2.32. The highest BCUT2D eigenvalue weighted by Crippen LogP contribution is 2.19. The maximum absolute atomic E-state index is 11.5. The topological polar surface area (TPSA) is 62.2 Å². The monoisotopic (exact) mass is 192 g/mol. The standard InChI is InChI=1S/C10H12N2O2/c13-9-4-3-8(9)12-10(14)7-2-1-5-11-6-7/h1-2,5-6,8-9,13H,3-4H2,(H,12,14). The van der Waals surface area contributed by atoms with E-state index in [9.17, 15) is 9.90 Å². The second kappa shape index (κ2) is 3.75. The quantitative estimate of drug-likeness (QED) is 0.710. The summed E-state index contributed by atoms with van der Waals surface area (Å²) in [5.74, 6) is -0.165. The van der Waals surface area contributed by atoms with E-state index in [0.29, 0.717) is 5.56 Å². The van der Waals surface area contributed by atoms with E-state index in [2.05, 4.69) is 10.3 Å². The average molecular weight is 192 g/mol. The lowest BCUT2D eigenvalue weighted by molar-refractivity contribution is 0.0447. The molecule has 1 aromatic heterocycles. The number of nitrogens with one attached hydrogen (secondary N) is 1. The molecule has 0 aliphatic heterocycles. The largest absolute Gasteiger partial charge is 0.391 e. The van der Waals surface area contributed by atoms with Crippen LogP contribution in [-0.2, 0) is 0 Å². The molecule has 0 radical (unpaired) electrons. The van der Waals surface area contributed by atoms with Crippen LogP contribution in [0.15, 0.2) is 24.5 Å². The summed E-state index contributed by atoms with van der Waals surface area (Å²) in [6.45, 7) is 0. The van der Waals surface area contributed by atoms with Crippen molar-refractivity contribution >= 4 is 5.91 Å². The Kier molecular flexibility index (Phi) is 2.45. The van der Waals surface area contributed by atoms with Crippen molar-refractivity contribution in [2.75, 3.05) is 0 Å². The van der Waals surface area contributed by atoms with Crippen LogP contribution < -0.4 is 5.32 Å². The molecule has 0 bridgehead atoms. The van der Waals surface area contributed by atoms with Crippen molar-refractivity contribution in [3.63, 3.8) is 0 Å². The van der Waals surface area contributed by atoms with Gasteiger partial charge in [0, 0.05) is 12.4 Å². The minimum Gasteiger partial charge on any atom is -0.391 e. The van der Waals surface area contributed by atoms with Gasteiger partial charge in [-0.2, -0.15) is 0 Å². The van der Waals surface area contributed by atoms with Crippen molar-refractivity contribution in [1.29, 1.82) is 0 Å². The summed E-state index contributed by atoms with van der Waals surface area (Å²) in [6.07, 6.45) is 4.39. The zero-order chi connectivity index (χ0) is 9.97. The Hall–Kier alpha value is -1.42. The van der Waals surface area contributed by atoms with Gasteiger partial charge in [0.25, 0.3) is 5.91 Å². The molecule has 1 amide bonds. The Morgan fingerprint density at radius 1 is 1.57 bits per heavy atom. The second-order valence-electron chi connectivity index (χ2n) is 3.47. The summed E-state index contributed by atoms with van der Waals surface area (Å²) < 4.78 is 0. The fraction of sp³-hybridized carbons (Fsp3) is 0.400. The number of rotatable bonds is 2. The van der Waals surface area contributed by atoms with Gasteiger partial charge in [-0.3, -0.25) is 9.78 Å². The first-order valence-corrected chi connectivity index (χ1v) is 4.66. The Bertz CT molecular complexity index is 326. The number of aliphatic hydroxyl groups is 1. The van der Waals surface area contributed by atoms with E-state index in [1.54, 1.807) is 18.3 Å². The van der Waals surface area contributed by atoms with Crippen molar-refractivity contribution in [2.45, 2.75) is 25.0 Å². The van der Waals surface area contributed by atoms with E-state index < -0.39 is 0 Å². The first-order valence-electron chi connectivity index (χ1n) is 4.66. The minimum atomic E-state index is -0.379. The first kappa shape index (κ1) is 9.15. The Balaban J connectivity index is 1.96. The summed E-state index contributed by atoms with van der Waals surface area (Å²) in [7, 11) is 0.